The van der Waals surface area contributed by atoms with E-state index in [-0.39, 0.29) is 0 Å². The molecule has 0 amide bonds. The maximum atomic E-state index is 3.38. The van der Waals surface area contributed by atoms with Crippen molar-refractivity contribution in [3.8, 4) is 0 Å². The summed E-state index contributed by atoms with van der Waals surface area (Å²) in [5.74, 6) is 2.17. The van der Waals surface area contributed by atoms with Gasteiger partial charge < -0.3 is 5.32 Å². The highest BCUT2D eigenvalue weighted by Crippen LogP contribution is 2.36. The van der Waals surface area contributed by atoms with Gasteiger partial charge in [-0.15, -0.1) is 0 Å². The number of hydrogen-bond acceptors (Lipinski definition) is 1. The molecular weight excluding hydrogens is 86.1 g/mol. The zero-order chi connectivity index (χ0) is 4.69. The van der Waals surface area contributed by atoms with Gasteiger partial charge >= 0.3 is 0 Å². The molecule has 1 saturated carbocycles. The molecule has 1 aliphatic carbocycles. The molecule has 2 aliphatic rings. The second-order valence-corrected chi connectivity index (χ2v) is 2.76. The van der Waals surface area contributed by atoms with Crippen LogP contribution in [0.15, 0.2) is 0 Å². The third-order valence-electron chi connectivity index (χ3n) is 2.39. The minimum Gasteiger partial charge on any atom is -0.316 e. The van der Waals surface area contributed by atoms with Crippen molar-refractivity contribution in [3.63, 3.8) is 0 Å². The fourth-order valence-corrected chi connectivity index (χ4v) is 1.63. The Morgan fingerprint density at radius 1 is 1.00 bits per heavy atom. The first-order chi connectivity index (χ1) is 3.47. The smallest absolute Gasteiger partial charge is 0.00173 e. The molecule has 0 unspecified atom stereocenters. The maximum Gasteiger partial charge on any atom is -0.00173 e. The zero-order valence-corrected chi connectivity index (χ0v) is 4.48. The summed E-state index contributed by atoms with van der Waals surface area (Å²) >= 11 is 0. The summed E-state index contributed by atoms with van der Waals surface area (Å²) in [5, 5.41) is 3.38. The van der Waals surface area contributed by atoms with Gasteiger partial charge in [-0.2, -0.15) is 0 Å². The van der Waals surface area contributed by atoms with E-state index in [9.17, 15) is 0 Å². The van der Waals surface area contributed by atoms with Crippen molar-refractivity contribution in [2.24, 2.45) is 11.8 Å². The van der Waals surface area contributed by atoms with Gasteiger partial charge in [-0.25, -0.2) is 0 Å². The summed E-state index contributed by atoms with van der Waals surface area (Å²) in [6.45, 7) is 2.62. The quantitative estimate of drug-likeness (QED) is 0.467. The van der Waals surface area contributed by atoms with Gasteiger partial charge in [0.2, 0.25) is 0 Å². The van der Waals surface area contributed by atoms with Crippen LogP contribution in [0, 0.1) is 11.8 Å². The van der Waals surface area contributed by atoms with Gasteiger partial charge in [0.25, 0.3) is 0 Å². The van der Waals surface area contributed by atoms with Crippen molar-refractivity contribution in [1.29, 1.82) is 0 Å². The number of fused-ring (bicyclic) bond motifs is 1. The van der Waals surface area contributed by atoms with Gasteiger partial charge in [0.1, 0.15) is 0 Å². The first-order valence-electron chi connectivity index (χ1n) is 3.17. The van der Waals surface area contributed by atoms with E-state index in [0.29, 0.717) is 0 Å². The first-order valence-corrected chi connectivity index (χ1v) is 3.17. The van der Waals surface area contributed by atoms with Gasteiger partial charge in [0.15, 0.2) is 0 Å². The molecule has 1 N–H and O–H groups in total. The zero-order valence-electron chi connectivity index (χ0n) is 4.48. The predicted octanol–water partition coefficient (Wildman–Crippen LogP) is 0.616. The van der Waals surface area contributed by atoms with E-state index < -0.39 is 0 Å². The topological polar surface area (TPSA) is 12.0 Å². The van der Waals surface area contributed by atoms with Crippen LogP contribution in [0.25, 0.3) is 0 Å². The second-order valence-electron chi connectivity index (χ2n) is 2.76. The Morgan fingerprint density at radius 3 is 1.86 bits per heavy atom. The van der Waals surface area contributed by atoms with Crippen molar-refractivity contribution in [1.82, 2.24) is 5.32 Å². The normalized spacial score (nSPS) is 48.0. The van der Waals surface area contributed by atoms with Gasteiger partial charge in [0.05, 0.1) is 0 Å². The summed E-state index contributed by atoms with van der Waals surface area (Å²) in [6, 6.07) is 0. The fourth-order valence-electron chi connectivity index (χ4n) is 1.63. The molecule has 0 radical (unpaired) electrons. The van der Waals surface area contributed by atoms with Crippen LogP contribution in [0.2, 0.25) is 0 Å². The third-order valence-corrected chi connectivity index (χ3v) is 2.39. The lowest BCUT2D eigenvalue weighted by Gasteiger charge is -2.28. The molecule has 0 aromatic carbocycles. The average Bonchev–Trinajstić information content (AvgIpc) is 1.85. The summed E-state index contributed by atoms with van der Waals surface area (Å²) in [5.41, 5.74) is 0. The molecule has 2 fully saturated rings. The van der Waals surface area contributed by atoms with E-state index in [1.807, 2.05) is 0 Å². The molecule has 0 bridgehead atoms. The van der Waals surface area contributed by atoms with Crippen LogP contribution in [-0.2, 0) is 0 Å². The van der Waals surface area contributed by atoms with Crippen LogP contribution >= 0.6 is 0 Å². The Labute approximate surface area is 44.1 Å². The summed E-state index contributed by atoms with van der Waals surface area (Å²) < 4.78 is 0. The Hall–Kier alpha value is -0.0400. The Bertz CT molecular complexity index is 70.2. The molecule has 0 spiro atoms. The monoisotopic (exact) mass is 97.1 g/mol. The number of hydrogen-bond donors (Lipinski definition) is 1. The lowest BCUT2D eigenvalue weighted by molar-refractivity contribution is 0.243. The van der Waals surface area contributed by atoms with E-state index in [1.165, 1.54) is 25.9 Å². The summed E-state index contributed by atoms with van der Waals surface area (Å²) in [6.07, 6.45) is 3.00. The highest BCUT2D eigenvalue weighted by molar-refractivity contribution is 4.88. The molecule has 1 aliphatic heterocycles. The van der Waals surface area contributed by atoms with Crippen LogP contribution in [0.1, 0.15) is 12.8 Å². The minimum atomic E-state index is 1.08. The molecule has 1 saturated heterocycles. The third kappa shape index (κ3) is 0.418. The molecule has 1 heterocycles. The highest BCUT2D eigenvalue weighted by Gasteiger charge is 2.34. The van der Waals surface area contributed by atoms with Crippen molar-refractivity contribution < 1.29 is 0 Å². The Kier molecular flexibility index (Phi) is 0.680. The van der Waals surface area contributed by atoms with E-state index in [4.69, 9.17) is 0 Å². The van der Waals surface area contributed by atoms with E-state index in [0.717, 1.165) is 11.8 Å². The number of rotatable bonds is 0. The molecule has 1 heteroatoms. The molecular formula is C6H11N. The lowest BCUT2D eigenvalue weighted by Crippen LogP contribution is -2.22. The Morgan fingerprint density at radius 2 is 1.57 bits per heavy atom. The number of nitrogens with one attached hydrogen (secondary N) is 1. The van der Waals surface area contributed by atoms with Crippen LogP contribution in [0.3, 0.4) is 0 Å². The highest BCUT2D eigenvalue weighted by atomic mass is 14.9. The van der Waals surface area contributed by atoms with Crippen LogP contribution < -0.4 is 5.32 Å². The predicted molar refractivity (Wildman–Crippen MR) is 29.1 cm³/mol. The van der Waals surface area contributed by atoms with Gasteiger partial charge in [-0.05, 0) is 37.8 Å². The maximum absolute atomic E-state index is 3.38. The van der Waals surface area contributed by atoms with Crippen LogP contribution in [-0.4, -0.2) is 13.1 Å². The summed E-state index contributed by atoms with van der Waals surface area (Å²) in [7, 11) is 0. The van der Waals surface area contributed by atoms with E-state index in [1.54, 1.807) is 0 Å². The molecule has 0 aromatic heterocycles. The molecule has 2 rings (SSSR count). The molecule has 40 valence electrons. The lowest BCUT2D eigenvalue weighted by atomic mass is 9.77. The van der Waals surface area contributed by atoms with Gasteiger partial charge in [-0.3, -0.25) is 0 Å². The van der Waals surface area contributed by atoms with Gasteiger partial charge in [-0.1, -0.05) is 0 Å². The summed E-state index contributed by atoms with van der Waals surface area (Å²) in [4.78, 5) is 0. The molecule has 7 heavy (non-hydrogen) atoms. The first kappa shape index (κ1) is 3.90. The van der Waals surface area contributed by atoms with Crippen LogP contribution in [0.5, 0.6) is 0 Å². The molecule has 1 nitrogen and oxygen atoms in total. The SMILES string of the molecule is C1C[C@H]2CNC[C@@H]12. The molecule has 2 atom stereocenters. The molecule has 0 aromatic rings. The standard InChI is InChI=1S/C6H11N/c1-2-6-4-7-3-5(1)6/h5-7H,1-4H2/t5-,6+. The second kappa shape index (κ2) is 1.22. The van der Waals surface area contributed by atoms with E-state index >= 15 is 0 Å². The van der Waals surface area contributed by atoms with Crippen molar-refractivity contribution in [3.05, 3.63) is 0 Å². The van der Waals surface area contributed by atoms with Crippen molar-refractivity contribution >= 4 is 0 Å². The Balaban J connectivity index is 2.03. The average molecular weight is 97.2 g/mol. The largest absolute Gasteiger partial charge is 0.316 e. The van der Waals surface area contributed by atoms with E-state index in [2.05, 4.69) is 5.32 Å². The fraction of sp³-hybridized carbons (Fsp3) is 1.00. The minimum absolute atomic E-state index is 1.08. The van der Waals surface area contributed by atoms with Crippen LogP contribution in [0.4, 0.5) is 0 Å². The van der Waals surface area contributed by atoms with Crippen molar-refractivity contribution in [2.75, 3.05) is 13.1 Å². The van der Waals surface area contributed by atoms with Crippen molar-refractivity contribution in [2.45, 2.75) is 12.8 Å². The van der Waals surface area contributed by atoms with Gasteiger partial charge in [0, 0.05) is 0 Å².